The number of carbonyl (C=O) groups excluding carboxylic acids is 1. The van der Waals surface area contributed by atoms with Crippen LogP contribution in [0.25, 0.3) is 0 Å². The summed E-state index contributed by atoms with van der Waals surface area (Å²) in [5.74, 6) is 0. The van der Waals surface area contributed by atoms with Crippen molar-refractivity contribution in [3.05, 3.63) is 0 Å². The minimum absolute atomic E-state index is 0.259. The first-order valence-electron chi connectivity index (χ1n) is 5.95. The van der Waals surface area contributed by atoms with Gasteiger partial charge in [0, 0.05) is 0 Å². The van der Waals surface area contributed by atoms with Crippen LogP contribution in [-0.2, 0) is 4.74 Å². The van der Waals surface area contributed by atoms with Gasteiger partial charge in [-0.2, -0.15) is 0 Å². The van der Waals surface area contributed by atoms with Gasteiger partial charge < -0.3 is 15.2 Å². The summed E-state index contributed by atoms with van der Waals surface area (Å²) in [5, 5.41) is 12.9. The Hall–Kier alpha value is -0.770. The molecule has 4 heteroatoms. The van der Waals surface area contributed by atoms with Gasteiger partial charge in [0.05, 0.1) is 11.6 Å². The highest BCUT2D eigenvalue weighted by molar-refractivity contribution is 5.68. The molecular formula is C12H23NO3. The van der Waals surface area contributed by atoms with Gasteiger partial charge in [0.1, 0.15) is 5.60 Å². The van der Waals surface area contributed by atoms with Gasteiger partial charge >= 0.3 is 6.09 Å². The predicted octanol–water partition coefficient (Wildman–Crippen LogP) is 2.20. The average molecular weight is 229 g/mol. The van der Waals surface area contributed by atoms with E-state index in [0.717, 1.165) is 25.7 Å². The first kappa shape index (κ1) is 13.3. The Labute approximate surface area is 97.4 Å². The van der Waals surface area contributed by atoms with Crippen molar-refractivity contribution in [2.45, 2.75) is 70.6 Å². The molecule has 1 atom stereocenters. The zero-order valence-electron chi connectivity index (χ0n) is 10.7. The normalized spacial score (nSPS) is 21.6. The minimum Gasteiger partial charge on any atom is -0.444 e. The fourth-order valence-corrected chi connectivity index (χ4v) is 2.04. The fraction of sp³-hybridized carbons (Fsp3) is 0.917. The van der Waals surface area contributed by atoms with E-state index in [1.807, 2.05) is 27.7 Å². The monoisotopic (exact) mass is 229 g/mol. The third kappa shape index (κ3) is 3.67. The summed E-state index contributed by atoms with van der Waals surface area (Å²) in [4.78, 5) is 11.5. The van der Waals surface area contributed by atoms with E-state index in [1.54, 1.807) is 0 Å². The van der Waals surface area contributed by atoms with E-state index in [9.17, 15) is 9.90 Å². The maximum Gasteiger partial charge on any atom is 0.407 e. The number of aliphatic hydroxyl groups is 1. The Morgan fingerprint density at radius 2 is 1.88 bits per heavy atom. The van der Waals surface area contributed by atoms with E-state index in [-0.39, 0.29) is 6.04 Å². The summed E-state index contributed by atoms with van der Waals surface area (Å²) in [6.45, 7) is 7.29. The smallest absolute Gasteiger partial charge is 0.407 e. The third-order valence-corrected chi connectivity index (χ3v) is 3.01. The first-order chi connectivity index (χ1) is 7.23. The van der Waals surface area contributed by atoms with Crippen molar-refractivity contribution >= 4 is 6.09 Å². The van der Waals surface area contributed by atoms with Gasteiger partial charge in [-0.3, -0.25) is 0 Å². The molecule has 2 N–H and O–H groups in total. The van der Waals surface area contributed by atoms with Gasteiger partial charge in [0.15, 0.2) is 0 Å². The Bertz CT molecular complexity index is 251. The van der Waals surface area contributed by atoms with Crippen molar-refractivity contribution in [1.82, 2.24) is 5.32 Å². The lowest BCUT2D eigenvalue weighted by Crippen LogP contribution is -2.50. The number of nitrogens with one attached hydrogen (secondary N) is 1. The second-order valence-corrected chi connectivity index (χ2v) is 5.68. The molecule has 0 radical (unpaired) electrons. The van der Waals surface area contributed by atoms with E-state index >= 15 is 0 Å². The van der Waals surface area contributed by atoms with Crippen molar-refractivity contribution in [1.29, 1.82) is 0 Å². The van der Waals surface area contributed by atoms with E-state index < -0.39 is 17.3 Å². The molecule has 0 aromatic carbocycles. The molecule has 0 aliphatic heterocycles. The summed E-state index contributed by atoms with van der Waals surface area (Å²) in [6.07, 6.45) is 3.10. The number of ether oxygens (including phenoxy) is 1. The molecule has 0 saturated heterocycles. The minimum atomic E-state index is -0.753. The van der Waals surface area contributed by atoms with Crippen LogP contribution in [0.3, 0.4) is 0 Å². The highest BCUT2D eigenvalue weighted by Gasteiger charge is 2.38. The molecule has 0 heterocycles. The molecule has 1 aliphatic rings. The largest absolute Gasteiger partial charge is 0.444 e. The van der Waals surface area contributed by atoms with Crippen LogP contribution in [-0.4, -0.2) is 28.4 Å². The van der Waals surface area contributed by atoms with Crippen molar-refractivity contribution in [3.8, 4) is 0 Å². The standard InChI is InChI=1S/C12H23NO3/c1-9(12(15)7-5-6-8-12)13-10(14)16-11(2,3)4/h9,15H,5-8H2,1-4H3,(H,13,14). The van der Waals surface area contributed by atoms with E-state index in [1.165, 1.54) is 0 Å². The van der Waals surface area contributed by atoms with E-state index in [2.05, 4.69) is 5.32 Å². The van der Waals surface area contributed by atoms with E-state index in [4.69, 9.17) is 4.74 Å². The summed E-state index contributed by atoms with van der Waals surface area (Å²) >= 11 is 0. The van der Waals surface area contributed by atoms with Crippen LogP contribution in [0.15, 0.2) is 0 Å². The van der Waals surface area contributed by atoms with Gasteiger partial charge in [-0.05, 0) is 40.5 Å². The molecule has 1 unspecified atom stereocenters. The molecule has 1 aliphatic carbocycles. The third-order valence-electron chi connectivity index (χ3n) is 3.01. The molecule has 94 valence electrons. The maximum atomic E-state index is 11.5. The van der Waals surface area contributed by atoms with Gasteiger partial charge in [-0.15, -0.1) is 0 Å². The number of alkyl carbamates (subject to hydrolysis) is 1. The molecule has 16 heavy (non-hydrogen) atoms. The molecule has 1 rings (SSSR count). The molecule has 4 nitrogen and oxygen atoms in total. The second kappa shape index (κ2) is 4.62. The van der Waals surface area contributed by atoms with Crippen LogP contribution in [0.4, 0.5) is 4.79 Å². The molecule has 0 aromatic rings. The molecule has 0 bridgehead atoms. The molecule has 0 spiro atoms. The Balaban J connectivity index is 2.45. The summed E-state index contributed by atoms with van der Waals surface area (Å²) < 4.78 is 5.15. The zero-order chi connectivity index (χ0) is 12.4. The number of hydrogen-bond donors (Lipinski definition) is 2. The average Bonchev–Trinajstić information content (AvgIpc) is 2.49. The first-order valence-corrected chi connectivity index (χ1v) is 5.95. The van der Waals surface area contributed by atoms with Crippen LogP contribution in [0.5, 0.6) is 0 Å². The summed E-state index contributed by atoms with van der Waals surface area (Å²) in [7, 11) is 0. The second-order valence-electron chi connectivity index (χ2n) is 5.68. The van der Waals surface area contributed by atoms with Gasteiger partial charge in [-0.1, -0.05) is 12.8 Å². The number of amides is 1. The van der Waals surface area contributed by atoms with Gasteiger partial charge in [0.2, 0.25) is 0 Å². The van der Waals surface area contributed by atoms with E-state index in [0.29, 0.717) is 0 Å². The molecular weight excluding hydrogens is 206 g/mol. The Kier molecular flexibility index (Phi) is 3.84. The SMILES string of the molecule is CC(NC(=O)OC(C)(C)C)C1(O)CCCC1. The summed E-state index contributed by atoms with van der Waals surface area (Å²) in [6, 6.07) is -0.259. The molecule has 0 aromatic heterocycles. The maximum absolute atomic E-state index is 11.5. The predicted molar refractivity (Wildman–Crippen MR) is 62.2 cm³/mol. The Morgan fingerprint density at radius 1 is 1.38 bits per heavy atom. The Morgan fingerprint density at radius 3 is 2.31 bits per heavy atom. The topological polar surface area (TPSA) is 58.6 Å². The fourth-order valence-electron chi connectivity index (χ4n) is 2.04. The number of carbonyl (C=O) groups is 1. The van der Waals surface area contributed by atoms with Crippen LogP contribution in [0.1, 0.15) is 53.4 Å². The van der Waals surface area contributed by atoms with Crippen molar-refractivity contribution < 1.29 is 14.6 Å². The van der Waals surface area contributed by atoms with Crippen LogP contribution < -0.4 is 5.32 Å². The highest BCUT2D eigenvalue weighted by atomic mass is 16.6. The molecule has 1 amide bonds. The quantitative estimate of drug-likeness (QED) is 0.763. The lowest BCUT2D eigenvalue weighted by atomic mass is 9.94. The lowest BCUT2D eigenvalue weighted by Gasteiger charge is -2.31. The van der Waals surface area contributed by atoms with Gasteiger partial charge in [0.25, 0.3) is 0 Å². The van der Waals surface area contributed by atoms with Crippen LogP contribution >= 0.6 is 0 Å². The number of rotatable bonds is 2. The van der Waals surface area contributed by atoms with Gasteiger partial charge in [-0.25, -0.2) is 4.79 Å². The number of hydrogen-bond acceptors (Lipinski definition) is 3. The lowest BCUT2D eigenvalue weighted by molar-refractivity contribution is 0.00264. The molecule has 1 saturated carbocycles. The van der Waals surface area contributed by atoms with Crippen LogP contribution in [0.2, 0.25) is 0 Å². The van der Waals surface area contributed by atoms with Crippen molar-refractivity contribution in [2.75, 3.05) is 0 Å². The van der Waals surface area contributed by atoms with Crippen LogP contribution in [0, 0.1) is 0 Å². The van der Waals surface area contributed by atoms with Crippen molar-refractivity contribution in [2.24, 2.45) is 0 Å². The summed E-state index contributed by atoms with van der Waals surface area (Å²) in [5.41, 5.74) is -1.25. The zero-order valence-corrected chi connectivity index (χ0v) is 10.7. The van der Waals surface area contributed by atoms with Crippen molar-refractivity contribution in [3.63, 3.8) is 0 Å². The highest BCUT2D eigenvalue weighted by Crippen LogP contribution is 2.32. The molecule has 1 fully saturated rings.